The number of hydrogen-bond acceptors (Lipinski definition) is 5. The van der Waals surface area contributed by atoms with Crippen LogP contribution in [0.25, 0.3) is 11.1 Å². The quantitative estimate of drug-likeness (QED) is 0.653. The molecule has 1 amide bonds. The highest BCUT2D eigenvalue weighted by Gasteiger charge is 2.26. The minimum atomic E-state index is -0.124. The first-order valence-corrected chi connectivity index (χ1v) is 10.6. The summed E-state index contributed by atoms with van der Waals surface area (Å²) < 4.78 is 16.6. The maximum atomic E-state index is 12.4. The van der Waals surface area contributed by atoms with E-state index in [9.17, 15) is 4.79 Å². The van der Waals surface area contributed by atoms with Crippen molar-refractivity contribution in [1.29, 1.82) is 0 Å². The van der Waals surface area contributed by atoms with E-state index in [1.807, 2.05) is 29.6 Å². The van der Waals surface area contributed by atoms with Crippen LogP contribution in [0.4, 0.5) is 0 Å². The average Bonchev–Trinajstić information content (AvgIpc) is 3.45. The molecular weight excluding hydrogens is 410 g/mol. The number of hydrogen-bond donors (Lipinski definition) is 1. The largest absolute Gasteiger partial charge is 0.486 e. The maximum absolute atomic E-state index is 12.4. The molecule has 5 nitrogen and oxygen atoms in total. The normalized spacial score (nSPS) is 16.4. The zero-order valence-electron chi connectivity index (χ0n) is 15.4. The number of fused-ring (bicyclic) bond motifs is 2. The summed E-state index contributed by atoms with van der Waals surface area (Å²) in [4.78, 5) is 12.4. The first kappa shape index (κ1) is 18.3. The SMILES string of the molecule is O=C(Cc1ccc2c(c1)OCO2)NCC1Cc2cc(-c3ccsc3)cc(Cl)c2O1. The van der Waals surface area contributed by atoms with Crippen LogP contribution in [0.15, 0.2) is 47.2 Å². The van der Waals surface area contributed by atoms with Crippen molar-refractivity contribution in [2.45, 2.75) is 18.9 Å². The standard InChI is InChI=1S/C22H18ClNO4S/c23-18-9-15(14-3-4-29-11-14)7-16-8-17(28-22(16)18)10-24-21(25)6-13-1-2-19-20(5-13)27-12-26-19/h1-5,7,9,11,17H,6,8,10,12H2,(H,24,25). The summed E-state index contributed by atoms with van der Waals surface area (Å²) in [7, 11) is 0. The van der Waals surface area contributed by atoms with Gasteiger partial charge in [0.05, 0.1) is 18.0 Å². The Morgan fingerprint density at radius 3 is 2.90 bits per heavy atom. The molecule has 0 aliphatic carbocycles. The van der Waals surface area contributed by atoms with Crippen molar-refractivity contribution in [3.05, 3.63) is 63.3 Å². The molecule has 0 fully saturated rings. The van der Waals surface area contributed by atoms with Crippen LogP contribution in [0.1, 0.15) is 11.1 Å². The molecule has 0 saturated heterocycles. The van der Waals surface area contributed by atoms with Gasteiger partial charge >= 0.3 is 0 Å². The number of ether oxygens (including phenoxy) is 3. The molecular formula is C22H18ClNO4S. The van der Waals surface area contributed by atoms with E-state index in [4.69, 9.17) is 25.8 Å². The molecule has 1 unspecified atom stereocenters. The smallest absolute Gasteiger partial charge is 0.231 e. The Morgan fingerprint density at radius 2 is 2.03 bits per heavy atom. The molecule has 29 heavy (non-hydrogen) atoms. The number of nitrogens with one attached hydrogen (secondary N) is 1. The number of carbonyl (C=O) groups is 1. The molecule has 0 saturated carbocycles. The van der Waals surface area contributed by atoms with Gasteiger partial charge in [0.1, 0.15) is 11.9 Å². The van der Waals surface area contributed by atoms with Crippen LogP contribution < -0.4 is 19.5 Å². The molecule has 5 rings (SSSR count). The Morgan fingerprint density at radius 1 is 1.14 bits per heavy atom. The molecule has 1 atom stereocenters. The highest BCUT2D eigenvalue weighted by molar-refractivity contribution is 7.08. The predicted octanol–water partition coefficient (Wildman–Crippen LogP) is 4.46. The highest BCUT2D eigenvalue weighted by atomic mass is 35.5. The minimum absolute atomic E-state index is 0.0616. The van der Waals surface area contributed by atoms with E-state index in [-0.39, 0.29) is 25.2 Å². The third-order valence-electron chi connectivity index (χ3n) is 5.04. The van der Waals surface area contributed by atoms with E-state index in [0.29, 0.717) is 23.1 Å². The van der Waals surface area contributed by atoms with Gasteiger partial charge in [-0.1, -0.05) is 17.7 Å². The van der Waals surface area contributed by atoms with Crippen molar-refractivity contribution in [2.75, 3.05) is 13.3 Å². The number of rotatable bonds is 5. The summed E-state index contributed by atoms with van der Waals surface area (Å²) >= 11 is 8.10. The van der Waals surface area contributed by atoms with Crippen LogP contribution >= 0.6 is 22.9 Å². The Balaban J connectivity index is 1.19. The number of thiophene rings is 1. The molecule has 1 N–H and O–H groups in total. The van der Waals surface area contributed by atoms with Gasteiger partial charge in [-0.05, 0) is 57.8 Å². The lowest BCUT2D eigenvalue weighted by Gasteiger charge is -2.12. The molecule has 0 radical (unpaired) electrons. The molecule has 7 heteroatoms. The molecule has 2 aromatic carbocycles. The zero-order chi connectivity index (χ0) is 19.8. The van der Waals surface area contributed by atoms with Gasteiger partial charge in [-0.2, -0.15) is 11.3 Å². The van der Waals surface area contributed by atoms with Gasteiger partial charge in [0, 0.05) is 12.0 Å². The van der Waals surface area contributed by atoms with Gasteiger partial charge < -0.3 is 19.5 Å². The lowest BCUT2D eigenvalue weighted by atomic mass is 10.0. The van der Waals surface area contributed by atoms with Crippen molar-refractivity contribution in [3.8, 4) is 28.4 Å². The number of benzene rings is 2. The van der Waals surface area contributed by atoms with Crippen LogP contribution in [-0.2, 0) is 17.6 Å². The topological polar surface area (TPSA) is 56.8 Å². The van der Waals surface area contributed by atoms with Crippen molar-refractivity contribution in [2.24, 2.45) is 0 Å². The second kappa shape index (κ2) is 7.61. The highest BCUT2D eigenvalue weighted by Crippen LogP contribution is 2.40. The molecule has 3 heterocycles. The van der Waals surface area contributed by atoms with Crippen LogP contribution in [0, 0.1) is 0 Å². The first-order chi connectivity index (χ1) is 14.2. The third-order valence-corrected chi connectivity index (χ3v) is 6.00. The summed E-state index contributed by atoms with van der Waals surface area (Å²) in [6.45, 7) is 0.656. The summed E-state index contributed by atoms with van der Waals surface area (Å²) in [6.07, 6.45) is 0.873. The van der Waals surface area contributed by atoms with Crippen molar-refractivity contribution >= 4 is 28.8 Å². The first-order valence-electron chi connectivity index (χ1n) is 9.32. The summed E-state index contributed by atoms with van der Waals surface area (Å²) in [5.74, 6) is 2.06. The van der Waals surface area contributed by atoms with Crippen LogP contribution in [0.3, 0.4) is 0 Å². The van der Waals surface area contributed by atoms with E-state index < -0.39 is 0 Å². The van der Waals surface area contributed by atoms with Crippen molar-refractivity contribution in [3.63, 3.8) is 0 Å². The van der Waals surface area contributed by atoms with E-state index in [1.165, 1.54) is 0 Å². The minimum Gasteiger partial charge on any atom is -0.486 e. The summed E-state index contributed by atoms with van der Waals surface area (Å²) in [5.41, 5.74) is 4.20. The monoisotopic (exact) mass is 427 g/mol. The van der Waals surface area contributed by atoms with Gasteiger partial charge in [0.2, 0.25) is 12.7 Å². The third kappa shape index (κ3) is 3.78. The van der Waals surface area contributed by atoms with Gasteiger partial charge in [0.15, 0.2) is 11.5 Å². The molecule has 2 aliphatic rings. The molecule has 0 spiro atoms. The molecule has 2 aliphatic heterocycles. The second-order valence-corrected chi connectivity index (χ2v) is 8.26. The Bertz CT molecular complexity index is 1070. The fourth-order valence-corrected chi connectivity index (χ4v) is 4.57. The zero-order valence-corrected chi connectivity index (χ0v) is 17.0. The molecule has 148 valence electrons. The van der Waals surface area contributed by atoms with Crippen LogP contribution in [0.5, 0.6) is 17.2 Å². The van der Waals surface area contributed by atoms with Gasteiger partial charge in [-0.3, -0.25) is 4.79 Å². The van der Waals surface area contributed by atoms with Crippen molar-refractivity contribution in [1.82, 2.24) is 5.32 Å². The lowest BCUT2D eigenvalue weighted by molar-refractivity contribution is -0.120. The molecule has 0 bridgehead atoms. The fourth-order valence-electron chi connectivity index (χ4n) is 3.62. The summed E-state index contributed by atoms with van der Waals surface area (Å²) in [5, 5.41) is 7.71. The number of halogens is 1. The molecule has 3 aromatic rings. The second-order valence-electron chi connectivity index (χ2n) is 7.07. The van der Waals surface area contributed by atoms with Crippen LogP contribution in [-0.4, -0.2) is 25.3 Å². The van der Waals surface area contributed by atoms with E-state index in [1.54, 1.807) is 11.3 Å². The summed E-state index contributed by atoms with van der Waals surface area (Å²) in [6, 6.07) is 11.7. The Hall–Kier alpha value is -2.70. The van der Waals surface area contributed by atoms with Crippen molar-refractivity contribution < 1.29 is 19.0 Å². The Kier molecular flexibility index (Phi) is 4.81. The van der Waals surface area contributed by atoms with E-state index >= 15 is 0 Å². The predicted molar refractivity (Wildman–Crippen MR) is 112 cm³/mol. The van der Waals surface area contributed by atoms with E-state index in [2.05, 4.69) is 22.8 Å². The average molecular weight is 428 g/mol. The fraction of sp³-hybridized carbons (Fsp3) is 0.227. The number of carbonyl (C=O) groups excluding carboxylic acids is 1. The number of amides is 1. The molecule has 1 aromatic heterocycles. The lowest BCUT2D eigenvalue weighted by Crippen LogP contribution is -2.35. The van der Waals surface area contributed by atoms with E-state index in [0.717, 1.165) is 34.4 Å². The Labute approximate surface area is 177 Å². The van der Waals surface area contributed by atoms with Gasteiger partial charge in [-0.25, -0.2) is 0 Å². The van der Waals surface area contributed by atoms with Gasteiger partial charge in [-0.15, -0.1) is 0 Å². The van der Waals surface area contributed by atoms with Crippen LogP contribution in [0.2, 0.25) is 5.02 Å². The maximum Gasteiger partial charge on any atom is 0.231 e. The van der Waals surface area contributed by atoms with Gasteiger partial charge in [0.25, 0.3) is 0 Å².